The molecule has 1 aliphatic heterocycles. The molecule has 0 spiro atoms. The van der Waals surface area contributed by atoms with E-state index in [4.69, 9.17) is 4.98 Å². The zero-order chi connectivity index (χ0) is 33.4. The number of benzene rings is 5. The number of nitrogens with zero attached hydrogens (tertiary/aromatic N) is 3. The van der Waals surface area contributed by atoms with Crippen LogP contribution in [0.5, 0.6) is 11.5 Å². The molecule has 0 bridgehead atoms. The monoisotopic (exact) mass is 652 g/mol. The van der Waals surface area contributed by atoms with E-state index in [0.29, 0.717) is 38.4 Å². The Bertz CT molecular complexity index is 2260. The van der Waals surface area contributed by atoms with Crippen molar-refractivity contribution in [2.75, 3.05) is 0 Å². The number of aromatic hydroxyl groups is 2. The van der Waals surface area contributed by atoms with E-state index in [1.807, 2.05) is 37.3 Å². The predicted molar refractivity (Wildman–Crippen MR) is 186 cm³/mol. The Morgan fingerprint density at radius 3 is 2.15 bits per heavy atom. The summed E-state index contributed by atoms with van der Waals surface area (Å²) < 4.78 is 1.54. The number of phenolic OH excluding ortho intramolecular Hbond substituents is 2. The number of amides is 2. The van der Waals surface area contributed by atoms with Crippen molar-refractivity contribution in [2.24, 2.45) is 0 Å². The number of hydrogen-bond donors (Lipinski definition) is 3. The fraction of sp³-hybridized carbons (Fsp3) is 0.0526. The molecule has 0 radical (unpaired) electrons. The molecule has 48 heavy (non-hydrogen) atoms. The largest absolute Gasteiger partial charge is 0.508 e. The zero-order valence-electron chi connectivity index (χ0n) is 25.6. The van der Waals surface area contributed by atoms with Gasteiger partial charge in [-0.2, -0.15) is 0 Å². The Morgan fingerprint density at radius 1 is 0.812 bits per heavy atom. The minimum Gasteiger partial charge on any atom is -0.508 e. The van der Waals surface area contributed by atoms with E-state index >= 15 is 0 Å². The van der Waals surface area contributed by atoms with Crippen LogP contribution in [0.15, 0.2) is 131 Å². The van der Waals surface area contributed by atoms with Gasteiger partial charge in [0, 0.05) is 11.1 Å². The molecule has 1 aromatic heterocycles. The first-order valence-electron chi connectivity index (χ1n) is 15.1. The second-order valence-electron chi connectivity index (χ2n) is 11.3. The van der Waals surface area contributed by atoms with Crippen LogP contribution in [0, 0.1) is 6.92 Å². The van der Waals surface area contributed by atoms with E-state index in [1.165, 1.54) is 45.6 Å². The highest BCUT2D eigenvalue weighted by atomic mass is 32.2. The molecule has 1 saturated heterocycles. The van der Waals surface area contributed by atoms with E-state index in [2.05, 4.69) is 5.43 Å². The molecule has 2 amide bonds. The molecule has 236 valence electrons. The molecule has 1 unspecified atom stereocenters. The first-order chi connectivity index (χ1) is 23.2. The van der Waals surface area contributed by atoms with Crippen LogP contribution in [0.4, 0.5) is 0 Å². The van der Waals surface area contributed by atoms with E-state index in [1.54, 1.807) is 72.8 Å². The van der Waals surface area contributed by atoms with E-state index in [0.717, 1.165) is 11.1 Å². The van der Waals surface area contributed by atoms with Crippen molar-refractivity contribution in [2.45, 2.75) is 12.3 Å². The summed E-state index contributed by atoms with van der Waals surface area (Å²) in [5, 5.41) is 20.6. The second kappa shape index (κ2) is 12.6. The SMILES string of the molecule is Cc1ccc(-c2nc3ccccc3c(=O)n2-c2ccc(C(=O)NN3C(=O)/C(=C/c4ccc(O)cc4)SC3c3ccc(O)cc3)cc2)cc1. The van der Waals surface area contributed by atoms with Gasteiger partial charge in [-0.15, -0.1) is 0 Å². The number of nitrogens with one attached hydrogen (secondary N) is 1. The van der Waals surface area contributed by atoms with Crippen LogP contribution >= 0.6 is 11.8 Å². The van der Waals surface area contributed by atoms with Crippen molar-refractivity contribution in [3.63, 3.8) is 0 Å². The average molecular weight is 653 g/mol. The Morgan fingerprint density at radius 2 is 1.46 bits per heavy atom. The number of hydrogen-bond acceptors (Lipinski definition) is 7. The van der Waals surface area contributed by atoms with E-state index < -0.39 is 17.2 Å². The van der Waals surface area contributed by atoms with Crippen molar-refractivity contribution in [3.05, 3.63) is 159 Å². The van der Waals surface area contributed by atoms with Gasteiger partial charge in [0.25, 0.3) is 17.4 Å². The van der Waals surface area contributed by atoms with Crippen LogP contribution < -0.4 is 11.0 Å². The fourth-order valence-corrected chi connectivity index (χ4v) is 6.63. The molecule has 1 aliphatic rings. The third kappa shape index (κ3) is 5.92. The molecule has 1 fully saturated rings. The molecule has 7 rings (SSSR count). The number of fused-ring (bicyclic) bond motifs is 1. The lowest BCUT2D eigenvalue weighted by atomic mass is 10.1. The quantitative estimate of drug-likeness (QED) is 0.170. The number of hydrazine groups is 1. The standard InChI is InChI=1S/C38H28N4O5S/c1-23-6-10-25(11-7-23)34-39-32-5-3-2-4-31(32)36(46)41(34)28-16-12-26(13-17-28)35(45)40-42-37(47)33(22-24-8-18-29(43)19-9-24)48-38(42)27-14-20-30(44)21-15-27/h2-22,38,43-44H,1H3,(H,40,45)/b33-22-. The predicted octanol–water partition coefficient (Wildman–Crippen LogP) is 6.73. The number of para-hydroxylation sites is 1. The van der Waals surface area contributed by atoms with Crippen molar-refractivity contribution in [1.82, 2.24) is 20.0 Å². The maximum absolute atomic E-state index is 13.8. The Kier molecular flexibility index (Phi) is 8.00. The number of phenols is 2. The van der Waals surface area contributed by atoms with Crippen LogP contribution in [0.1, 0.15) is 32.4 Å². The van der Waals surface area contributed by atoms with Crippen molar-refractivity contribution < 1.29 is 19.8 Å². The zero-order valence-corrected chi connectivity index (χ0v) is 26.4. The van der Waals surface area contributed by atoms with Crippen LogP contribution in [0.25, 0.3) is 34.1 Å². The summed E-state index contributed by atoms with van der Waals surface area (Å²) in [4.78, 5) is 46.3. The van der Waals surface area contributed by atoms with Crippen LogP contribution in [-0.2, 0) is 4.79 Å². The number of aryl methyl sites for hydroxylation is 1. The summed E-state index contributed by atoms with van der Waals surface area (Å²) in [7, 11) is 0. The molecule has 0 saturated carbocycles. The summed E-state index contributed by atoms with van der Waals surface area (Å²) in [6, 6.07) is 34.4. The summed E-state index contributed by atoms with van der Waals surface area (Å²) in [6.07, 6.45) is 1.70. The molecular formula is C38H28N4O5S. The summed E-state index contributed by atoms with van der Waals surface area (Å²) in [5.41, 5.74) is 7.17. The molecule has 3 N–H and O–H groups in total. The van der Waals surface area contributed by atoms with Gasteiger partial charge in [0.15, 0.2) is 0 Å². The summed E-state index contributed by atoms with van der Waals surface area (Å²) >= 11 is 1.26. The van der Waals surface area contributed by atoms with Crippen molar-refractivity contribution in [1.29, 1.82) is 0 Å². The second-order valence-corrected chi connectivity index (χ2v) is 12.4. The molecular weight excluding hydrogens is 625 g/mol. The summed E-state index contributed by atoms with van der Waals surface area (Å²) in [5.74, 6) is -0.270. The molecule has 9 nitrogen and oxygen atoms in total. The highest BCUT2D eigenvalue weighted by molar-refractivity contribution is 8.04. The number of aromatic nitrogens is 2. The Labute approximate surface area is 279 Å². The minimum absolute atomic E-state index is 0.0786. The summed E-state index contributed by atoms with van der Waals surface area (Å²) in [6.45, 7) is 1.99. The smallest absolute Gasteiger partial charge is 0.280 e. The highest BCUT2D eigenvalue weighted by Gasteiger charge is 2.38. The number of carbonyl (C=O) groups excluding carboxylic acids is 2. The topological polar surface area (TPSA) is 125 Å². The molecule has 5 aromatic carbocycles. The van der Waals surface area contributed by atoms with Crippen molar-refractivity contribution in [3.8, 4) is 28.6 Å². The van der Waals surface area contributed by atoms with Crippen LogP contribution in [0.2, 0.25) is 0 Å². The van der Waals surface area contributed by atoms with Crippen molar-refractivity contribution >= 4 is 40.6 Å². The average Bonchev–Trinajstić information content (AvgIpc) is 3.40. The van der Waals surface area contributed by atoms with Gasteiger partial charge in [-0.1, -0.05) is 78.0 Å². The molecule has 6 aromatic rings. The maximum Gasteiger partial charge on any atom is 0.280 e. The van der Waals surface area contributed by atoms with Gasteiger partial charge in [0.05, 0.1) is 21.5 Å². The van der Waals surface area contributed by atoms with Gasteiger partial charge < -0.3 is 10.2 Å². The maximum atomic E-state index is 13.8. The fourth-order valence-electron chi connectivity index (χ4n) is 5.44. The lowest BCUT2D eigenvalue weighted by Gasteiger charge is -2.24. The first kappa shape index (κ1) is 30.5. The van der Waals surface area contributed by atoms with Gasteiger partial charge >= 0.3 is 0 Å². The Balaban J connectivity index is 1.21. The first-order valence-corrected chi connectivity index (χ1v) is 15.9. The van der Waals surface area contributed by atoms with Gasteiger partial charge in [0.2, 0.25) is 0 Å². The number of thioether (sulfide) groups is 1. The molecule has 10 heteroatoms. The van der Waals surface area contributed by atoms with E-state index in [-0.39, 0.29) is 22.6 Å². The molecule has 2 heterocycles. The third-order valence-electron chi connectivity index (χ3n) is 7.97. The van der Waals surface area contributed by atoms with Crippen LogP contribution in [0.3, 0.4) is 0 Å². The molecule has 0 aliphatic carbocycles. The number of carbonyl (C=O) groups is 2. The van der Waals surface area contributed by atoms with Gasteiger partial charge in [-0.25, -0.2) is 9.99 Å². The lowest BCUT2D eigenvalue weighted by Crippen LogP contribution is -2.44. The Hall–Kier alpha value is -6.13. The van der Waals surface area contributed by atoms with Gasteiger partial charge in [-0.3, -0.25) is 24.4 Å². The highest BCUT2D eigenvalue weighted by Crippen LogP contribution is 2.45. The van der Waals surface area contributed by atoms with Gasteiger partial charge in [-0.05, 0) is 84.8 Å². The van der Waals surface area contributed by atoms with Gasteiger partial charge in [0.1, 0.15) is 22.7 Å². The normalized spacial score (nSPS) is 15.3. The minimum atomic E-state index is -0.607. The van der Waals surface area contributed by atoms with Crippen LogP contribution in [-0.4, -0.2) is 36.6 Å². The number of rotatable bonds is 6. The van der Waals surface area contributed by atoms with E-state index in [9.17, 15) is 24.6 Å². The lowest BCUT2D eigenvalue weighted by molar-refractivity contribution is -0.128. The molecule has 1 atom stereocenters. The third-order valence-corrected chi connectivity index (χ3v) is 9.22.